The highest BCUT2D eigenvalue weighted by atomic mass is 79.9. The van der Waals surface area contributed by atoms with Gasteiger partial charge in [0.2, 0.25) is 0 Å². The fraction of sp³-hybridized carbons (Fsp3) is 0.467. The van der Waals surface area contributed by atoms with Gasteiger partial charge in [0.15, 0.2) is 5.82 Å². The molecule has 2 aromatic rings. The van der Waals surface area contributed by atoms with Crippen molar-refractivity contribution in [3.63, 3.8) is 0 Å². The average molecular weight is 338 g/mol. The van der Waals surface area contributed by atoms with Crippen molar-refractivity contribution >= 4 is 15.9 Å². The monoisotopic (exact) mass is 337 g/mol. The van der Waals surface area contributed by atoms with Gasteiger partial charge >= 0.3 is 0 Å². The molecule has 2 rings (SSSR count). The molecular weight excluding hydrogens is 318 g/mol. The molecule has 1 heterocycles. The van der Waals surface area contributed by atoms with Crippen molar-refractivity contribution in [1.82, 2.24) is 14.8 Å². The Morgan fingerprint density at radius 1 is 1.20 bits per heavy atom. The Kier molecular flexibility index (Phi) is 5.31. The van der Waals surface area contributed by atoms with Crippen molar-refractivity contribution in [1.29, 1.82) is 0 Å². The first kappa shape index (κ1) is 15.2. The number of hydrogen-bond acceptors (Lipinski definition) is 3. The van der Waals surface area contributed by atoms with Crippen LogP contribution in [-0.4, -0.2) is 28.5 Å². The van der Waals surface area contributed by atoms with Crippen LogP contribution in [0, 0.1) is 0 Å². The fourth-order valence-corrected chi connectivity index (χ4v) is 2.50. The third kappa shape index (κ3) is 3.27. The molecule has 0 spiro atoms. The molecule has 0 aliphatic heterocycles. The molecule has 0 unspecified atom stereocenters. The molecule has 0 saturated heterocycles. The minimum Gasteiger partial charge on any atom is -0.383 e. The number of ether oxygens (including phenoxy) is 1. The second kappa shape index (κ2) is 6.99. The molecule has 0 bridgehead atoms. The highest BCUT2D eigenvalue weighted by Crippen LogP contribution is 2.22. The van der Waals surface area contributed by atoms with Gasteiger partial charge in [-0.25, -0.2) is 0 Å². The van der Waals surface area contributed by atoms with Gasteiger partial charge in [-0.1, -0.05) is 54.0 Å². The quantitative estimate of drug-likeness (QED) is 0.756. The lowest BCUT2D eigenvalue weighted by molar-refractivity contribution is 0.187. The van der Waals surface area contributed by atoms with Gasteiger partial charge in [0.25, 0.3) is 0 Å². The highest BCUT2D eigenvalue weighted by Gasteiger charge is 2.13. The van der Waals surface area contributed by atoms with Crippen molar-refractivity contribution in [2.45, 2.75) is 31.6 Å². The van der Waals surface area contributed by atoms with Crippen molar-refractivity contribution in [3.05, 3.63) is 35.7 Å². The van der Waals surface area contributed by atoms with Crippen molar-refractivity contribution in [2.24, 2.45) is 0 Å². The predicted molar refractivity (Wildman–Crippen MR) is 84.1 cm³/mol. The van der Waals surface area contributed by atoms with Gasteiger partial charge in [-0.3, -0.25) is 0 Å². The van der Waals surface area contributed by atoms with Gasteiger partial charge in [0.05, 0.1) is 11.9 Å². The minimum absolute atomic E-state index is 0.536. The summed E-state index contributed by atoms with van der Waals surface area (Å²) in [5.74, 6) is 2.35. The van der Waals surface area contributed by atoms with Crippen LogP contribution in [-0.2, 0) is 16.6 Å². The zero-order chi connectivity index (χ0) is 14.5. The standard InChI is InChI=1S/C15H20BrN3O/c1-11(2)12-4-6-13(7-5-12)15-18-17-14(10-16)19(15)8-9-20-3/h4-7,11H,8-10H2,1-3H3. The Labute approximate surface area is 128 Å². The first-order valence-corrected chi connectivity index (χ1v) is 7.86. The Hall–Kier alpha value is -1.20. The lowest BCUT2D eigenvalue weighted by atomic mass is 10.0. The number of halogens is 1. The number of alkyl halides is 1. The highest BCUT2D eigenvalue weighted by molar-refractivity contribution is 9.08. The zero-order valence-electron chi connectivity index (χ0n) is 12.1. The molecule has 0 atom stereocenters. The molecule has 1 aromatic heterocycles. The van der Waals surface area contributed by atoms with Crippen LogP contribution in [0.3, 0.4) is 0 Å². The molecule has 0 saturated carbocycles. The number of methoxy groups -OCH3 is 1. The van der Waals surface area contributed by atoms with Gasteiger partial charge < -0.3 is 9.30 Å². The number of benzene rings is 1. The first-order chi connectivity index (χ1) is 9.67. The second-order valence-corrected chi connectivity index (χ2v) is 5.56. The van der Waals surface area contributed by atoms with E-state index in [-0.39, 0.29) is 0 Å². The summed E-state index contributed by atoms with van der Waals surface area (Å²) in [6.45, 7) is 5.79. The van der Waals surface area contributed by atoms with E-state index < -0.39 is 0 Å². The number of nitrogens with zero attached hydrogens (tertiary/aromatic N) is 3. The average Bonchev–Trinajstić information content (AvgIpc) is 2.88. The van der Waals surface area contributed by atoms with Crippen molar-refractivity contribution < 1.29 is 4.74 Å². The largest absolute Gasteiger partial charge is 0.383 e. The van der Waals surface area contributed by atoms with Gasteiger partial charge in [0.1, 0.15) is 5.82 Å². The van der Waals surface area contributed by atoms with E-state index in [0.717, 1.165) is 23.8 Å². The van der Waals surface area contributed by atoms with E-state index in [1.54, 1.807) is 7.11 Å². The van der Waals surface area contributed by atoms with Crippen LogP contribution >= 0.6 is 15.9 Å². The third-order valence-electron chi connectivity index (χ3n) is 3.30. The van der Waals surface area contributed by atoms with Crippen molar-refractivity contribution in [2.75, 3.05) is 13.7 Å². The molecule has 4 nitrogen and oxygen atoms in total. The smallest absolute Gasteiger partial charge is 0.164 e. The number of rotatable bonds is 6. The molecule has 1 aromatic carbocycles. The Morgan fingerprint density at radius 3 is 2.45 bits per heavy atom. The molecule has 0 aliphatic rings. The molecule has 108 valence electrons. The first-order valence-electron chi connectivity index (χ1n) is 6.74. The maximum atomic E-state index is 5.16. The van der Waals surface area contributed by atoms with Gasteiger partial charge in [0, 0.05) is 19.2 Å². The predicted octanol–water partition coefficient (Wildman–Crippen LogP) is 3.61. The number of hydrogen-bond donors (Lipinski definition) is 0. The summed E-state index contributed by atoms with van der Waals surface area (Å²) in [4.78, 5) is 0. The second-order valence-electron chi connectivity index (χ2n) is 4.99. The van der Waals surface area contributed by atoms with E-state index >= 15 is 0 Å². The molecule has 0 aliphatic carbocycles. The van der Waals surface area contributed by atoms with Crippen LogP contribution in [0.4, 0.5) is 0 Å². The third-order valence-corrected chi connectivity index (χ3v) is 3.80. The molecule has 20 heavy (non-hydrogen) atoms. The van der Waals surface area contributed by atoms with E-state index in [1.807, 2.05) is 0 Å². The molecule has 0 amide bonds. The van der Waals surface area contributed by atoms with Crippen molar-refractivity contribution in [3.8, 4) is 11.4 Å². The topological polar surface area (TPSA) is 39.9 Å². The van der Waals surface area contributed by atoms with Gasteiger partial charge in [-0.15, -0.1) is 10.2 Å². The fourth-order valence-electron chi connectivity index (χ4n) is 2.08. The Balaban J connectivity index is 2.33. The molecule has 5 heteroatoms. The van der Waals surface area contributed by atoms with Crippen LogP contribution < -0.4 is 0 Å². The van der Waals surface area contributed by atoms with Crippen LogP contribution in [0.2, 0.25) is 0 Å². The summed E-state index contributed by atoms with van der Waals surface area (Å²) in [6.07, 6.45) is 0. The molecule has 0 N–H and O–H groups in total. The summed E-state index contributed by atoms with van der Waals surface area (Å²) in [5, 5.41) is 9.23. The van der Waals surface area contributed by atoms with E-state index in [2.05, 4.69) is 68.8 Å². The van der Waals surface area contributed by atoms with Gasteiger partial charge in [-0.2, -0.15) is 0 Å². The maximum Gasteiger partial charge on any atom is 0.164 e. The lowest BCUT2D eigenvalue weighted by Crippen LogP contribution is -2.09. The summed E-state index contributed by atoms with van der Waals surface area (Å²) < 4.78 is 7.26. The van der Waals surface area contributed by atoms with E-state index in [9.17, 15) is 0 Å². The molecule has 0 fully saturated rings. The molecule has 0 radical (unpaired) electrons. The number of aromatic nitrogens is 3. The van der Waals surface area contributed by atoms with E-state index in [4.69, 9.17) is 4.74 Å². The van der Waals surface area contributed by atoms with E-state index in [1.165, 1.54) is 5.56 Å². The summed E-state index contributed by atoms with van der Waals surface area (Å²) in [7, 11) is 1.70. The summed E-state index contributed by atoms with van der Waals surface area (Å²) in [5.41, 5.74) is 2.42. The Bertz CT molecular complexity index is 549. The maximum absolute atomic E-state index is 5.16. The zero-order valence-corrected chi connectivity index (χ0v) is 13.7. The summed E-state index contributed by atoms with van der Waals surface area (Å²) >= 11 is 3.45. The summed E-state index contributed by atoms with van der Waals surface area (Å²) in [6, 6.07) is 8.54. The normalized spacial score (nSPS) is 11.2. The Morgan fingerprint density at radius 2 is 1.90 bits per heavy atom. The van der Waals surface area contributed by atoms with E-state index in [0.29, 0.717) is 17.9 Å². The van der Waals surface area contributed by atoms with Crippen LogP contribution in [0.15, 0.2) is 24.3 Å². The lowest BCUT2D eigenvalue weighted by Gasteiger charge is -2.10. The minimum atomic E-state index is 0.536. The van der Waals surface area contributed by atoms with Gasteiger partial charge in [-0.05, 0) is 11.5 Å². The van der Waals surface area contributed by atoms with Crippen LogP contribution in [0.25, 0.3) is 11.4 Å². The molecular formula is C15H20BrN3O. The SMILES string of the molecule is COCCn1c(CBr)nnc1-c1ccc(C(C)C)cc1. The van der Waals surface area contributed by atoms with Crippen LogP contribution in [0.5, 0.6) is 0 Å². The van der Waals surface area contributed by atoms with Crippen LogP contribution in [0.1, 0.15) is 31.2 Å².